The molecule has 0 aliphatic rings. The number of aryl methyl sites for hydroxylation is 1. The van der Waals surface area contributed by atoms with Crippen molar-refractivity contribution in [1.82, 2.24) is 19.1 Å². The van der Waals surface area contributed by atoms with Gasteiger partial charge in [-0.1, -0.05) is 6.42 Å². The van der Waals surface area contributed by atoms with E-state index in [1.807, 2.05) is 6.92 Å². The lowest BCUT2D eigenvalue weighted by Gasteiger charge is -2.08. The molecule has 2 rings (SSSR count). The van der Waals surface area contributed by atoms with Gasteiger partial charge in [-0.15, -0.1) is 0 Å². The van der Waals surface area contributed by atoms with Gasteiger partial charge in [0.1, 0.15) is 11.3 Å². The summed E-state index contributed by atoms with van der Waals surface area (Å²) >= 11 is 0. The van der Waals surface area contributed by atoms with E-state index in [9.17, 15) is 9.59 Å². The minimum Gasteiger partial charge on any atom is -0.335 e. The van der Waals surface area contributed by atoms with Crippen molar-refractivity contribution in [1.29, 1.82) is 5.26 Å². The summed E-state index contributed by atoms with van der Waals surface area (Å²) in [5, 5.41) is 8.74. The van der Waals surface area contributed by atoms with Crippen LogP contribution in [-0.4, -0.2) is 19.1 Å². The van der Waals surface area contributed by atoms with Crippen molar-refractivity contribution in [3.8, 4) is 6.07 Å². The highest BCUT2D eigenvalue weighted by atomic mass is 16.2. The van der Waals surface area contributed by atoms with E-state index in [2.05, 4.69) is 16.0 Å². The number of imidazole rings is 1. The largest absolute Gasteiger partial charge is 0.335 e. The van der Waals surface area contributed by atoms with Crippen molar-refractivity contribution in [2.45, 2.75) is 39.3 Å². The molecule has 0 aromatic carbocycles. The van der Waals surface area contributed by atoms with Crippen molar-refractivity contribution in [3.05, 3.63) is 26.7 Å². The van der Waals surface area contributed by atoms with Crippen molar-refractivity contribution in [2.75, 3.05) is 0 Å². The molecule has 8 nitrogen and oxygen atoms in total. The van der Waals surface area contributed by atoms with Crippen LogP contribution in [0.3, 0.4) is 0 Å². The molecule has 0 bridgehead atoms. The van der Waals surface area contributed by atoms with Crippen LogP contribution in [-0.2, 0) is 20.1 Å². The molecule has 118 valence electrons. The third-order valence-electron chi connectivity index (χ3n) is 3.71. The average molecular weight is 304 g/mol. The SMILES string of the molecule is C[C@@H](C#N)CCCCn1c(=O)c2[nH]c(CN)nc2n(C)c1=O. The van der Waals surface area contributed by atoms with E-state index < -0.39 is 0 Å². The van der Waals surface area contributed by atoms with Gasteiger partial charge in [0.25, 0.3) is 5.56 Å². The van der Waals surface area contributed by atoms with E-state index in [0.29, 0.717) is 30.0 Å². The van der Waals surface area contributed by atoms with Gasteiger partial charge in [-0.2, -0.15) is 5.26 Å². The van der Waals surface area contributed by atoms with Crippen LogP contribution in [0.2, 0.25) is 0 Å². The van der Waals surface area contributed by atoms with Crippen molar-refractivity contribution in [2.24, 2.45) is 18.7 Å². The average Bonchev–Trinajstić information content (AvgIpc) is 2.96. The molecule has 0 radical (unpaired) electrons. The standard InChI is InChI=1S/C14H20N6O2/c1-9(7-15)5-3-4-6-20-13(21)11-12(19(2)14(20)22)18-10(8-16)17-11/h9H,3-6,8,16H2,1-2H3,(H,17,18)/t9-/m1/s1. The van der Waals surface area contributed by atoms with Crippen molar-refractivity contribution >= 4 is 11.2 Å². The molecular weight excluding hydrogens is 284 g/mol. The number of nitrogens with one attached hydrogen (secondary N) is 1. The predicted octanol–water partition coefficient (Wildman–Crippen LogP) is 0.212. The quantitative estimate of drug-likeness (QED) is 0.739. The normalized spacial score (nSPS) is 12.5. The smallest absolute Gasteiger partial charge is 0.332 e. The number of hydrogen-bond donors (Lipinski definition) is 2. The summed E-state index contributed by atoms with van der Waals surface area (Å²) in [5.74, 6) is 0.462. The van der Waals surface area contributed by atoms with Crippen LogP contribution >= 0.6 is 0 Å². The van der Waals surface area contributed by atoms with E-state index in [-0.39, 0.29) is 23.7 Å². The fraction of sp³-hybridized carbons (Fsp3) is 0.571. The molecule has 0 aliphatic carbocycles. The Kier molecular flexibility index (Phi) is 4.78. The Morgan fingerprint density at radius 1 is 1.41 bits per heavy atom. The van der Waals surface area contributed by atoms with Crippen LogP contribution in [0.4, 0.5) is 0 Å². The third kappa shape index (κ3) is 2.94. The zero-order valence-electron chi connectivity index (χ0n) is 12.8. The van der Waals surface area contributed by atoms with Gasteiger partial charge >= 0.3 is 5.69 Å². The molecule has 8 heteroatoms. The number of unbranched alkanes of at least 4 members (excludes halogenated alkanes) is 1. The maximum absolute atomic E-state index is 12.4. The van der Waals surface area contributed by atoms with E-state index in [1.165, 1.54) is 9.13 Å². The highest BCUT2D eigenvalue weighted by molar-refractivity contribution is 5.69. The highest BCUT2D eigenvalue weighted by Crippen LogP contribution is 2.07. The maximum atomic E-state index is 12.4. The Labute approximate surface area is 127 Å². The number of fused-ring (bicyclic) bond motifs is 1. The van der Waals surface area contributed by atoms with E-state index in [4.69, 9.17) is 11.0 Å². The first kappa shape index (κ1) is 16.0. The Morgan fingerprint density at radius 2 is 2.14 bits per heavy atom. The summed E-state index contributed by atoms with van der Waals surface area (Å²) < 4.78 is 2.56. The first-order valence-electron chi connectivity index (χ1n) is 7.27. The summed E-state index contributed by atoms with van der Waals surface area (Å²) in [6, 6.07) is 2.17. The number of aromatic amines is 1. The van der Waals surface area contributed by atoms with Crippen LogP contribution in [0.5, 0.6) is 0 Å². The molecule has 0 unspecified atom stereocenters. The second-order valence-corrected chi connectivity index (χ2v) is 5.41. The van der Waals surface area contributed by atoms with Gasteiger partial charge in [-0.25, -0.2) is 9.78 Å². The molecule has 0 spiro atoms. The number of nitrogens with zero attached hydrogens (tertiary/aromatic N) is 4. The topological polar surface area (TPSA) is 122 Å². The Bertz CT molecular complexity index is 823. The number of nitrogens with two attached hydrogens (primary N) is 1. The molecule has 0 saturated heterocycles. The number of H-pyrrole nitrogens is 1. The van der Waals surface area contributed by atoms with Gasteiger partial charge in [0.15, 0.2) is 5.65 Å². The predicted molar refractivity (Wildman–Crippen MR) is 82.1 cm³/mol. The highest BCUT2D eigenvalue weighted by Gasteiger charge is 2.14. The number of hydrogen-bond acceptors (Lipinski definition) is 5. The van der Waals surface area contributed by atoms with Crippen LogP contribution in [0.15, 0.2) is 9.59 Å². The monoisotopic (exact) mass is 304 g/mol. The molecule has 3 N–H and O–H groups in total. The first-order chi connectivity index (χ1) is 10.5. The third-order valence-corrected chi connectivity index (χ3v) is 3.71. The minimum absolute atomic E-state index is 0.0123. The molecule has 0 aliphatic heterocycles. The van der Waals surface area contributed by atoms with Gasteiger partial charge in [0, 0.05) is 19.5 Å². The molecule has 0 amide bonds. The second-order valence-electron chi connectivity index (χ2n) is 5.41. The summed E-state index contributed by atoms with van der Waals surface area (Å²) in [7, 11) is 1.58. The molecule has 2 aromatic heterocycles. The summed E-state index contributed by atoms with van der Waals surface area (Å²) in [5.41, 5.74) is 5.37. The fourth-order valence-corrected chi connectivity index (χ4v) is 2.38. The first-order valence-corrected chi connectivity index (χ1v) is 7.27. The fourth-order valence-electron chi connectivity index (χ4n) is 2.38. The summed E-state index contributed by atoms with van der Waals surface area (Å²) in [6.07, 6.45) is 2.22. The molecule has 2 heterocycles. The minimum atomic E-state index is -0.388. The number of rotatable bonds is 6. The lowest BCUT2D eigenvalue weighted by Crippen LogP contribution is -2.39. The van der Waals surface area contributed by atoms with Crippen molar-refractivity contribution in [3.63, 3.8) is 0 Å². The molecule has 1 atom stereocenters. The summed E-state index contributed by atoms with van der Waals surface area (Å²) in [4.78, 5) is 31.7. The molecular formula is C14H20N6O2. The second kappa shape index (κ2) is 6.58. The molecule has 0 saturated carbocycles. The zero-order valence-corrected chi connectivity index (χ0v) is 12.8. The van der Waals surface area contributed by atoms with Gasteiger partial charge in [0.2, 0.25) is 0 Å². The van der Waals surface area contributed by atoms with Gasteiger partial charge in [-0.05, 0) is 19.8 Å². The van der Waals surface area contributed by atoms with Gasteiger partial charge in [-0.3, -0.25) is 13.9 Å². The molecule has 0 fully saturated rings. The zero-order chi connectivity index (χ0) is 16.3. The lowest BCUT2D eigenvalue weighted by atomic mass is 10.1. The molecule has 2 aromatic rings. The number of nitriles is 1. The van der Waals surface area contributed by atoms with Crippen LogP contribution < -0.4 is 17.0 Å². The van der Waals surface area contributed by atoms with Gasteiger partial charge in [0.05, 0.1) is 12.6 Å². The van der Waals surface area contributed by atoms with E-state index in [0.717, 1.165) is 12.8 Å². The van der Waals surface area contributed by atoms with Crippen LogP contribution in [0.1, 0.15) is 32.0 Å². The van der Waals surface area contributed by atoms with E-state index >= 15 is 0 Å². The lowest BCUT2D eigenvalue weighted by molar-refractivity contribution is 0.516. The van der Waals surface area contributed by atoms with Crippen LogP contribution in [0.25, 0.3) is 11.2 Å². The van der Waals surface area contributed by atoms with Crippen molar-refractivity contribution < 1.29 is 0 Å². The Balaban J connectivity index is 2.29. The maximum Gasteiger partial charge on any atom is 0.332 e. The Hall–Kier alpha value is -2.40. The number of aromatic nitrogens is 4. The van der Waals surface area contributed by atoms with Crippen LogP contribution in [0, 0.1) is 17.2 Å². The Morgan fingerprint density at radius 3 is 2.77 bits per heavy atom. The van der Waals surface area contributed by atoms with E-state index in [1.54, 1.807) is 7.05 Å². The van der Waals surface area contributed by atoms with Gasteiger partial charge < -0.3 is 10.7 Å². The molecule has 22 heavy (non-hydrogen) atoms. The summed E-state index contributed by atoms with van der Waals surface area (Å²) in [6.45, 7) is 2.36.